The molecule has 118 valence electrons. The van der Waals surface area contributed by atoms with Crippen LogP contribution >= 0.6 is 11.8 Å². The second-order valence-electron chi connectivity index (χ2n) is 5.14. The number of hydrogen-bond acceptors (Lipinski definition) is 4. The average molecular weight is 329 g/mol. The first-order valence-corrected chi connectivity index (χ1v) is 7.22. The van der Waals surface area contributed by atoms with E-state index in [2.05, 4.69) is 9.73 Å². The largest absolute Gasteiger partial charge is 0.465 e. The summed E-state index contributed by atoms with van der Waals surface area (Å²) in [6.45, 7) is 3.08. The Kier molecular flexibility index (Phi) is 4.37. The second-order valence-corrected chi connectivity index (χ2v) is 6.14. The van der Waals surface area contributed by atoms with Gasteiger partial charge in [0.25, 0.3) is 0 Å². The summed E-state index contributed by atoms with van der Waals surface area (Å²) >= 11 is 0.858. The summed E-state index contributed by atoms with van der Waals surface area (Å²) in [6.07, 6.45) is -4.80. The van der Waals surface area contributed by atoms with Crippen LogP contribution in [0.25, 0.3) is 0 Å². The molecule has 1 heterocycles. The van der Waals surface area contributed by atoms with Crippen LogP contribution in [0.2, 0.25) is 0 Å². The highest BCUT2D eigenvalue weighted by Crippen LogP contribution is 2.46. The third-order valence-corrected chi connectivity index (χ3v) is 4.48. The molecular formula is C15H14F3NO2S. The van der Waals surface area contributed by atoms with Crippen molar-refractivity contribution in [3.8, 4) is 0 Å². The molecule has 1 aromatic carbocycles. The van der Waals surface area contributed by atoms with E-state index in [0.717, 1.165) is 18.9 Å². The molecule has 0 saturated heterocycles. The van der Waals surface area contributed by atoms with Crippen molar-refractivity contribution >= 4 is 22.8 Å². The van der Waals surface area contributed by atoms with Crippen molar-refractivity contribution in [1.82, 2.24) is 0 Å². The molecule has 0 bridgehead atoms. The summed E-state index contributed by atoms with van der Waals surface area (Å²) in [6, 6.07) is 8.88. The van der Waals surface area contributed by atoms with Crippen LogP contribution in [0, 0.1) is 0 Å². The number of thioether (sulfide) groups is 1. The van der Waals surface area contributed by atoms with Crippen molar-refractivity contribution in [1.29, 1.82) is 0 Å². The van der Waals surface area contributed by atoms with Crippen molar-refractivity contribution in [2.24, 2.45) is 4.99 Å². The molecule has 0 amide bonds. The lowest BCUT2D eigenvalue weighted by molar-refractivity contribution is -0.148. The summed E-state index contributed by atoms with van der Waals surface area (Å²) in [5, 5.41) is 0.450. The number of aliphatic imine (C=N–C) groups is 1. The van der Waals surface area contributed by atoms with E-state index in [9.17, 15) is 18.0 Å². The van der Waals surface area contributed by atoms with Crippen LogP contribution < -0.4 is 0 Å². The highest BCUT2D eigenvalue weighted by atomic mass is 32.2. The molecule has 0 radical (unpaired) electrons. The third kappa shape index (κ3) is 3.19. The van der Waals surface area contributed by atoms with Gasteiger partial charge in [-0.15, -0.1) is 0 Å². The number of benzene rings is 1. The van der Waals surface area contributed by atoms with Gasteiger partial charge in [-0.05, 0) is 13.8 Å². The third-order valence-electron chi connectivity index (χ3n) is 3.06. The molecule has 3 nitrogen and oxygen atoms in total. The number of hydrogen-bond donors (Lipinski definition) is 0. The molecule has 1 aliphatic rings. The molecule has 0 fully saturated rings. The molecule has 0 atom stereocenters. The Morgan fingerprint density at radius 1 is 1.23 bits per heavy atom. The first-order chi connectivity index (χ1) is 10.2. The maximum atomic E-state index is 13.3. The number of halogens is 3. The summed E-state index contributed by atoms with van der Waals surface area (Å²) in [7, 11) is 0.931. The Morgan fingerprint density at radius 2 is 1.82 bits per heavy atom. The number of esters is 1. The maximum Gasteiger partial charge on any atom is 0.424 e. The van der Waals surface area contributed by atoms with E-state index in [1.54, 1.807) is 44.2 Å². The van der Waals surface area contributed by atoms with E-state index in [-0.39, 0.29) is 4.91 Å². The van der Waals surface area contributed by atoms with Crippen LogP contribution in [-0.4, -0.2) is 29.8 Å². The Balaban J connectivity index is 2.54. The fraction of sp³-hybridized carbons (Fsp3) is 0.333. The zero-order valence-corrected chi connectivity index (χ0v) is 13.0. The van der Waals surface area contributed by atoms with Crippen molar-refractivity contribution < 1.29 is 22.7 Å². The summed E-state index contributed by atoms with van der Waals surface area (Å²) in [5.41, 5.74) is -1.73. The molecule has 1 aromatic rings. The van der Waals surface area contributed by atoms with Crippen LogP contribution in [-0.2, 0) is 9.53 Å². The smallest absolute Gasteiger partial charge is 0.424 e. The number of ether oxygens (including phenoxy) is 1. The minimum absolute atomic E-state index is 0.147. The second kappa shape index (κ2) is 5.79. The molecule has 0 unspecified atom stereocenters. The van der Waals surface area contributed by atoms with Crippen molar-refractivity contribution in [2.75, 3.05) is 7.11 Å². The van der Waals surface area contributed by atoms with Gasteiger partial charge in [-0.1, -0.05) is 42.1 Å². The van der Waals surface area contributed by atoms with Gasteiger partial charge < -0.3 is 4.74 Å². The van der Waals surface area contributed by atoms with Crippen LogP contribution in [0.5, 0.6) is 0 Å². The predicted molar refractivity (Wildman–Crippen MR) is 79.7 cm³/mol. The first-order valence-electron chi connectivity index (χ1n) is 6.40. The van der Waals surface area contributed by atoms with Gasteiger partial charge in [0.05, 0.1) is 12.6 Å². The van der Waals surface area contributed by atoms with Gasteiger partial charge in [0.1, 0.15) is 5.04 Å². The van der Waals surface area contributed by atoms with E-state index in [0.29, 0.717) is 10.6 Å². The number of rotatable bonds is 2. The van der Waals surface area contributed by atoms with Crippen molar-refractivity contribution in [2.45, 2.75) is 25.6 Å². The van der Waals surface area contributed by atoms with Gasteiger partial charge in [0.15, 0.2) is 5.57 Å². The molecule has 2 rings (SSSR count). The lowest BCUT2D eigenvalue weighted by Gasteiger charge is -2.20. The number of alkyl halides is 3. The number of carbonyl (C=O) groups excluding carboxylic acids is 1. The van der Waals surface area contributed by atoms with Crippen LogP contribution in [0.1, 0.15) is 19.4 Å². The Bertz CT molecular complexity index is 649. The Hall–Kier alpha value is -1.76. The van der Waals surface area contributed by atoms with Crippen molar-refractivity contribution in [3.05, 3.63) is 46.4 Å². The average Bonchev–Trinajstić information content (AvgIpc) is 2.74. The van der Waals surface area contributed by atoms with E-state index in [4.69, 9.17) is 0 Å². The van der Waals surface area contributed by atoms with Crippen LogP contribution in [0.4, 0.5) is 13.2 Å². The van der Waals surface area contributed by atoms with E-state index in [1.165, 1.54) is 0 Å². The molecule has 0 aliphatic carbocycles. The lowest BCUT2D eigenvalue weighted by Crippen LogP contribution is -2.28. The SMILES string of the molecule is COC(=O)/C(=C1/SC(c2ccccc2)=NC1(C)C)C(F)(F)F. The summed E-state index contributed by atoms with van der Waals surface area (Å²) in [5.74, 6) is -1.40. The normalized spacial score (nSPS) is 19.6. The van der Waals surface area contributed by atoms with Gasteiger partial charge in [-0.3, -0.25) is 4.99 Å². The van der Waals surface area contributed by atoms with E-state index >= 15 is 0 Å². The molecule has 7 heteroatoms. The molecule has 22 heavy (non-hydrogen) atoms. The summed E-state index contributed by atoms with van der Waals surface area (Å²) < 4.78 is 44.1. The van der Waals surface area contributed by atoms with Crippen molar-refractivity contribution in [3.63, 3.8) is 0 Å². The predicted octanol–water partition coefficient (Wildman–Crippen LogP) is 3.95. The lowest BCUT2D eigenvalue weighted by atomic mass is 10.0. The summed E-state index contributed by atoms with van der Waals surface area (Å²) in [4.78, 5) is 15.8. The molecule has 0 aromatic heterocycles. The first kappa shape index (κ1) is 16.6. The Labute approximate surface area is 130 Å². The number of nitrogens with zero attached hydrogens (tertiary/aromatic N) is 1. The minimum Gasteiger partial charge on any atom is -0.465 e. The van der Waals surface area contributed by atoms with Crippen LogP contribution in [0.15, 0.2) is 45.8 Å². The monoisotopic (exact) mass is 329 g/mol. The Morgan fingerprint density at radius 3 is 2.32 bits per heavy atom. The van der Waals surface area contributed by atoms with Gasteiger partial charge in [0.2, 0.25) is 0 Å². The fourth-order valence-corrected chi connectivity index (χ4v) is 3.37. The quantitative estimate of drug-likeness (QED) is 0.609. The molecule has 1 aliphatic heterocycles. The highest BCUT2D eigenvalue weighted by molar-refractivity contribution is 8.18. The van der Waals surface area contributed by atoms with E-state index < -0.39 is 23.3 Å². The van der Waals surface area contributed by atoms with Gasteiger partial charge >= 0.3 is 12.1 Å². The molecule has 0 N–H and O–H groups in total. The minimum atomic E-state index is -4.80. The molecular weight excluding hydrogens is 315 g/mol. The zero-order chi connectivity index (χ0) is 16.5. The highest BCUT2D eigenvalue weighted by Gasteiger charge is 2.48. The molecule has 0 saturated carbocycles. The molecule has 0 spiro atoms. The maximum absolute atomic E-state index is 13.3. The number of carbonyl (C=O) groups is 1. The fourth-order valence-electron chi connectivity index (χ4n) is 2.05. The topological polar surface area (TPSA) is 38.7 Å². The van der Waals surface area contributed by atoms with E-state index in [1.807, 2.05) is 0 Å². The van der Waals surface area contributed by atoms with Crippen LogP contribution in [0.3, 0.4) is 0 Å². The number of methoxy groups -OCH3 is 1. The zero-order valence-electron chi connectivity index (χ0n) is 12.2. The van der Waals surface area contributed by atoms with Gasteiger partial charge in [0, 0.05) is 10.5 Å². The van der Waals surface area contributed by atoms with Gasteiger partial charge in [-0.25, -0.2) is 4.79 Å². The standard InChI is InChI=1S/C15H14F3NO2S/c1-14(2)11(10(13(20)21-3)15(16,17)18)22-12(19-14)9-7-5-4-6-8-9/h4-8H,1-3H3/b11-10-. The van der Waals surface area contributed by atoms with Gasteiger partial charge in [-0.2, -0.15) is 13.2 Å².